The Bertz CT molecular complexity index is 450. The van der Waals surface area contributed by atoms with Gasteiger partial charge in [0, 0.05) is 6.54 Å². The van der Waals surface area contributed by atoms with Crippen molar-refractivity contribution in [2.24, 2.45) is 5.92 Å². The highest BCUT2D eigenvalue weighted by Crippen LogP contribution is 2.26. The summed E-state index contributed by atoms with van der Waals surface area (Å²) in [6.07, 6.45) is 9.10. The third-order valence-electron chi connectivity index (χ3n) is 3.55. The van der Waals surface area contributed by atoms with Gasteiger partial charge in [-0.15, -0.1) is 6.58 Å². The average Bonchev–Trinajstić information content (AvgIpc) is 2.41. The van der Waals surface area contributed by atoms with Crippen LogP contribution in [0.5, 0.6) is 0 Å². The largest absolute Gasteiger partial charge is 0.298 e. The molecule has 0 bridgehead atoms. The van der Waals surface area contributed by atoms with Gasteiger partial charge in [0.15, 0.2) is 5.11 Å². The molecule has 2 fully saturated rings. The maximum absolute atomic E-state index is 12.3. The van der Waals surface area contributed by atoms with Crippen LogP contribution in [0, 0.1) is 5.92 Å². The molecule has 2 aliphatic rings. The number of allylic oxidation sites excluding steroid dienone is 1. The molecule has 1 heterocycles. The van der Waals surface area contributed by atoms with Crippen LogP contribution in [0.25, 0.3) is 0 Å². The zero-order chi connectivity index (χ0) is 13.8. The Hall–Kier alpha value is -1.49. The van der Waals surface area contributed by atoms with E-state index in [9.17, 15) is 9.59 Å². The predicted molar refractivity (Wildman–Crippen MR) is 77.3 cm³/mol. The summed E-state index contributed by atoms with van der Waals surface area (Å²) >= 11 is 5.00. The molecule has 19 heavy (non-hydrogen) atoms. The van der Waals surface area contributed by atoms with Crippen LogP contribution in [-0.4, -0.2) is 28.4 Å². The lowest BCUT2D eigenvalue weighted by Gasteiger charge is -2.29. The van der Waals surface area contributed by atoms with Crippen molar-refractivity contribution in [2.75, 3.05) is 6.54 Å². The van der Waals surface area contributed by atoms with E-state index >= 15 is 0 Å². The van der Waals surface area contributed by atoms with Crippen molar-refractivity contribution in [3.63, 3.8) is 0 Å². The number of nitrogens with zero attached hydrogens (tertiary/aromatic N) is 1. The van der Waals surface area contributed by atoms with E-state index in [1.807, 2.05) is 6.08 Å². The van der Waals surface area contributed by atoms with Gasteiger partial charge in [0.05, 0.1) is 0 Å². The van der Waals surface area contributed by atoms with E-state index in [2.05, 4.69) is 11.9 Å². The van der Waals surface area contributed by atoms with Crippen LogP contribution < -0.4 is 5.32 Å². The van der Waals surface area contributed by atoms with E-state index in [0.29, 0.717) is 12.5 Å². The topological polar surface area (TPSA) is 49.4 Å². The van der Waals surface area contributed by atoms with Crippen LogP contribution in [0.3, 0.4) is 0 Å². The Balaban J connectivity index is 2.19. The maximum atomic E-state index is 12.3. The van der Waals surface area contributed by atoms with E-state index in [1.54, 1.807) is 6.08 Å². The Morgan fingerprint density at radius 1 is 1.32 bits per heavy atom. The Morgan fingerprint density at radius 3 is 2.63 bits per heavy atom. The highest BCUT2D eigenvalue weighted by molar-refractivity contribution is 7.80. The second-order valence-electron chi connectivity index (χ2n) is 4.94. The molecule has 0 spiro atoms. The fourth-order valence-electron chi connectivity index (χ4n) is 2.55. The molecule has 0 unspecified atom stereocenters. The quantitative estimate of drug-likeness (QED) is 0.371. The molecular formula is C14H18N2O2S. The number of amides is 2. The smallest absolute Gasteiger partial charge is 0.265 e. The second kappa shape index (κ2) is 6.10. The van der Waals surface area contributed by atoms with E-state index in [4.69, 9.17) is 12.2 Å². The molecule has 2 amide bonds. The van der Waals surface area contributed by atoms with Crippen molar-refractivity contribution in [3.8, 4) is 0 Å². The zero-order valence-corrected chi connectivity index (χ0v) is 11.7. The van der Waals surface area contributed by atoms with Crippen molar-refractivity contribution >= 4 is 29.1 Å². The lowest BCUT2D eigenvalue weighted by molar-refractivity contribution is -0.128. The first-order valence-electron chi connectivity index (χ1n) is 6.63. The number of carbonyl (C=O) groups excluding carboxylic acids is 2. The summed E-state index contributed by atoms with van der Waals surface area (Å²) < 4.78 is 0. The molecule has 2 rings (SSSR count). The van der Waals surface area contributed by atoms with Crippen molar-refractivity contribution in [1.82, 2.24) is 10.2 Å². The molecule has 1 N–H and O–H groups in total. The molecule has 0 aromatic carbocycles. The van der Waals surface area contributed by atoms with E-state index in [0.717, 1.165) is 12.8 Å². The normalized spacial score (nSPS) is 23.7. The average molecular weight is 278 g/mol. The maximum Gasteiger partial charge on any atom is 0.265 e. The first kappa shape index (κ1) is 13.9. The SMILES string of the molecule is C=CCN1C(=O)/C(=C/C2CCCCC2)C(=O)NC1=S. The highest BCUT2D eigenvalue weighted by atomic mass is 32.1. The standard InChI is InChI=1S/C14H18N2O2S/c1-2-8-16-13(18)11(12(17)15-14(16)19)9-10-6-4-3-5-7-10/h2,9-10H,1,3-8H2,(H,15,17,19)/b11-9+. The molecule has 1 aliphatic heterocycles. The van der Waals surface area contributed by atoms with Crippen LogP contribution in [0.2, 0.25) is 0 Å². The van der Waals surface area contributed by atoms with E-state index in [1.165, 1.54) is 24.2 Å². The van der Waals surface area contributed by atoms with Crippen LogP contribution >= 0.6 is 12.2 Å². The summed E-state index contributed by atoms with van der Waals surface area (Å²) in [6.45, 7) is 3.92. The number of hydrogen-bond donors (Lipinski definition) is 1. The summed E-state index contributed by atoms with van der Waals surface area (Å²) in [5.74, 6) is -0.351. The number of carbonyl (C=O) groups is 2. The minimum absolute atomic E-state index is 0.163. The van der Waals surface area contributed by atoms with Crippen molar-refractivity contribution in [3.05, 3.63) is 24.3 Å². The van der Waals surface area contributed by atoms with Crippen molar-refractivity contribution in [1.29, 1.82) is 0 Å². The third-order valence-corrected chi connectivity index (χ3v) is 3.87. The minimum Gasteiger partial charge on any atom is -0.298 e. The van der Waals surface area contributed by atoms with Gasteiger partial charge in [0.2, 0.25) is 0 Å². The Morgan fingerprint density at radius 2 is 2.00 bits per heavy atom. The van der Waals surface area contributed by atoms with Gasteiger partial charge in [-0.2, -0.15) is 0 Å². The van der Waals surface area contributed by atoms with Crippen molar-refractivity contribution < 1.29 is 9.59 Å². The minimum atomic E-state index is -0.374. The summed E-state index contributed by atoms with van der Waals surface area (Å²) in [4.78, 5) is 25.5. The Kier molecular flexibility index (Phi) is 4.47. The first-order valence-corrected chi connectivity index (χ1v) is 7.04. The molecule has 0 aromatic rings. The molecule has 1 saturated heterocycles. The number of thiocarbonyl (C=S) groups is 1. The lowest BCUT2D eigenvalue weighted by Crippen LogP contribution is -2.54. The summed E-state index contributed by atoms with van der Waals surface area (Å²) in [6, 6.07) is 0. The van der Waals surface area contributed by atoms with Gasteiger partial charge in [-0.1, -0.05) is 31.4 Å². The van der Waals surface area contributed by atoms with Crippen LogP contribution in [0.1, 0.15) is 32.1 Å². The fraction of sp³-hybridized carbons (Fsp3) is 0.500. The molecule has 102 valence electrons. The van der Waals surface area contributed by atoms with Crippen LogP contribution in [0.4, 0.5) is 0 Å². The fourth-order valence-corrected chi connectivity index (χ4v) is 2.80. The first-order chi connectivity index (χ1) is 9.13. The third kappa shape index (κ3) is 3.10. The summed E-state index contributed by atoms with van der Waals surface area (Å²) in [7, 11) is 0. The van der Waals surface area contributed by atoms with Gasteiger partial charge in [0.25, 0.3) is 11.8 Å². The van der Waals surface area contributed by atoms with E-state index < -0.39 is 0 Å². The molecular weight excluding hydrogens is 260 g/mol. The number of rotatable bonds is 3. The van der Waals surface area contributed by atoms with Crippen molar-refractivity contribution in [2.45, 2.75) is 32.1 Å². The molecule has 0 aromatic heterocycles. The number of nitrogens with one attached hydrogen (secondary N) is 1. The van der Waals surface area contributed by atoms with Crippen LogP contribution in [-0.2, 0) is 9.59 Å². The van der Waals surface area contributed by atoms with E-state index in [-0.39, 0.29) is 22.5 Å². The van der Waals surface area contributed by atoms with Gasteiger partial charge in [-0.25, -0.2) is 0 Å². The molecule has 0 atom stereocenters. The Labute approximate surface area is 118 Å². The second-order valence-corrected chi connectivity index (χ2v) is 5.33. The zero-order valence-electron chi connectivity index (χ0n) is 10.9. The molecule has 1 saturated carbocycles. The molecule has 0 radical (unpaired) electrons. The molecule has 4 nitrogen and oxygen atoms in total. The van der Waals surface area contributed by atoms with Gasteiger partial charge in [0.1, 0.15) is 5.57 Å². The monoisotopic (exact) mass is 278 g/mol. The molecule has 5 heteroatoms. The summed E-state index contributed by atoms with van der Waals surface area (Å²) in [5.41, 5.74) is 0.224. The van der Waals surface area contributed by atoms with Gasteiger partial charge in [-0.05, 0) is 31.0 Å². The predicted octanol–water partition coefficient (Wildman–Crippen LogP) is 1.92. The summed E-state index contributed by atoms with van der Waals surface area (Å²) in [5, 5.41) is 2.73. The lowest BCUT2D eigenvalue weighted by atomic mass is 9.87. The number of hydrogen-bond acceptors (Lipinski definition) is 3. The van der Waals surface area contributed by atoms with Gasteiger partial charge in [-0.3, -0.25) is 19.8 Å². The van der Waals surface area contributed by atoms with Gasteiger partial charge < -0.3 is 0 Å². The molecule has 1 aliphatic carbocycles. The van der Waals surface area contributed by atoms with Gasteiger partial charge >= 0.3 is 0 Å². The highest BCUT2D eigenvalue weighted by Gasteiger charge is 2.33. The van der Waals surface area contributed by atoms with Crippen LogP contribution in [0.15, 0.2) is 24.3 Å².